The molecule has 4 N–H and O–H groups in total. The Kier molecular flexibility index (Phi) is 5.58. The Labute approximate surface area is 175 Å². The van der Waals surface area contributed by atoms with Gasteiger partial charge >= 0.3 is 0 Å². The third-order valence-electron chi connectivity index (χ3n) is 5.72. The predicted molar refractivity (Wildman–Crippen MR) is 120 cm³/mol. The standard InChI is InChI=1S/C26H26O4/c1-15(27)25(29)21-13-11-17-7-3-5-9-19(17)23(21)24-20-10-6-4-8-18(20)12-14-22(24)26(30)16(2)28/h3-16,25-30H,1-2H3/t15-,16-,25-,26-/m1/s1. The average Bonchev–Trinajstić information content (AvgIpc) is 2.76. The maximum absolute atomic E-state index is 10.8. The Bertz CT molecular complexity index is 1100. The van der Waals surface area contributed by atoms with E-state index in [1.54, 1.807) is 13.8 Å². The molecule has 0 saturated heterocycles. The molecular weight excluding hydrogens is 376 g/mol. The highest BCUT2D eigenvalue weighted by atomic mass is 16.3. The second kappa shape index (κ2) is 8.17. The first-order valence-electron chi connectivity index (χ1n) is 10.2. The van der Waals surface area contributed by atoms with Crippen molar-refractivity contribution in [1.29, 1.82) is 0 Å². The van der Waals surface area contributed by atoms with Crippen molar-refractivity contribution >= 4 is 21.5 Å². The van der Waals surface area contributed by atoms with E-state index in [4.69, 9.17) is 0 Å². The highest BCUT2D eigenvalue weighted by molar-refractivity contribution is 6.08. The molecule has 0 heterocycles. The van der Waals surface area contributed by atoms with Crippen molar-refractivity contribution in [2.45, 2.75) is 38.3 Å². The van der Waals surface area contributed by atoms with E-state index in [1.807, 2.05) is 72.8 Å². The second-order valence-electron chi connectivity index (χ2n) is 7.87. The van der Waals surface area contributed by atoms with Crippen molar-refractivity contribution in [3.8, 4) is 11.1 Å². The first-order chi connectivity index (χ1) is 14.4. The molecule has 30 heavy (non-hydrogen) atoms. The van der Waals surface area contributed by atoms with Gasteiger partial charge in [-0.05, 0) is 57.6 Å². The molecule has 4 nitrogen and oxygen atoms in total. The van der Waals surface area contributed by atoms with Crippen LogP contribution < -0.4 is 0 Å². The Hall–Kier alpha value is -2.76. The molecular formula is C26H26O4. The zero-order chi connectivity index (χ0) is 21.4. The van der Waals surface area contributed by atoms with Gasteiger partial charge in [-0.1, -0.05) is 72.8 Å². The van der Waals surface area contributed by atoms with Gasteiger partial charge in [-0.3, -0.25) is 0 Å². The van der Waals surface area contributed by atoms with E-state index in [2.05, 4.69) is 0 Å². The van der Waals surface area contributed by atoms with Crippen LogP contribution in [0.1, 0.15) is 37.2 Å². The zero-order valence-corrected chi connectivity index (χ0v) is 17.0. The maximum Gasteiger partial charge on any atom is 0.105 e. The van der Waals surface area contributed by atoms with Crippen molar-refractivity contribution < 1.29 is 20.4 Å². The van der Waals surface area contributed by atoms with Gasteiger partial charge in [-0.15, -0.1) is 0 Å². The van der Waals surface area contributed by atoms with Crippen LogP contribution in [0, 0.1) is 0 Å². The highest BCUT2D eigenvalue weighted by Gasteiger charge is 2.26. The molecule has 4 aromatic rings. The molecule has 4 atom stereocenters. The minimum absolute atomic E-state index is 0.582. The molecule has 154 valence electrons. The molecule has 0 aliphatic rings. The third-order valence-corrected chi connectivity index (χ3v) is 5.72. The lowest BCUT2D eigenvalue weighted by Gasteiger charge is -2.25. The number of rotatable bonds is 5. The average molecular weight is 402 g/mol. The lowest BCUT2D eigenvalue weighted by molar-refractivity contribution is 0.0299. The lowest BCUT2D eigenvalue weighted by Crippen LogP contribution is -2.17. The molecule has 4 rings (SSSR count). The van der Waals surface area contributed by atoms with Crippen molar-refractivity contribution in [2.75, 3.05) is 0 Å². The fourth-order valence-corrected chi connectivity index (χ4v) is 4.15. The minimum Gasteiger partial charge on any atom is -0.390 e. The Balaban J connectivity index is 2.19. The normalized spacial score (nSPS) is 15.8. The Morgan fingerprint density at radius 1 is 0.500 bits per heavy atom. The number of hydrogen-bond donors (Lipinski definition) is 4. The summed E-state index contributed by atoms with van der Waals surface area (Å²) in [4.78, 5) is 0. The molecule has 0 aromatic heterocycles. The highest BCUT2D eigenvalue weighted by Crippen LogP contribution is 2.43. The van der Waals surface area contributed by atoms with Crippen LogP contribution in [0.2, 0.25) is 0 Å². The fourth-order valence-electron chi connectivity index (χ4n) is 4.15. The van der Waals surface area contributed by atoms with Crippen LogP contribution in [0.15, 0.2) is 72.8 Å². The lowest BCUT2D eigenvalue weighted by atomic mass is 9.83. The molecule has 0 bridgehead atoms. The summed E-state index contributed by atoms with van der Waals surface area (Å²) < 4.78 is 0. The molecule has 0 saturated carbocycles. The third kappa shape index (κ3) is 3.48. The van der Waals surface area contributed by atoms with Gasteiger partial charge in [0.25, 0.3) is 0 Å². The largest absolute Gasteiger partial charge is 0.390 e. The van der Waals surface area contributed by atoms with Crippen LogP contribution in [0.25, 0.3) is 32.7 Å². The molecule has 0 amide bonds. The van der Waals surface area contributed by atoms with Crippen LogP contribution in [0.5, 0.6) is 0 Å². The number of aliphatic hydroxyl groups is 4. The van der Waals surface area contributed by atoms with Gasteiger partial charge in [-0.2, -0.15) is 0 Å². The number of aliphatic hydroxyl groups excluding tert-OH is 4. The zero-order valence-electron chi connectivity index (χ0n) is 17.0. The summed E-state index contributed by atoms with van der Waals surface area (Å²) in [5.41, 5.74) is 2.68. The van der Waals surface area contributed by atoms with E-state index in [9.17, 15) is 20.4 Å². The van der Waals surface area contributed by atoms with Crippen LogP contribution in [0.3, 0.4) is 0 Å². The summed E-state index contributed by atoms with van der Waals surface area (Å²) >= 11 is 0. The van der Waals surface area contributed by atoms with Gasteiger partial charge in [0, 0.05) is 0 Å². The fraction of sp³-hybridized carbons (Fsp3) is 0.231. The summed E-state index contributed by atoms with van der Waals surface area (Å²) in [5.74, 6) is 0. The summed E-state index contributed by atoms with van der Waals surface area (Å²) in [6.07, 6.45) is -4.13. The molecule has 0 radical (unpaired) electrons. The molecule has 0 aliphatic carbocycles. The van der Waals surface area contributed by atoms with Crippen LogP contribution in [-0.4, -0.2) is 32.6 Å². The van der Waals surface area contributed by atoms with Gasteiger partial charge in [0.05, 0.1) is 12.2 Å². The molecule has 0 aliphatic heterocycles. The first-order valence-corrected chi connectivity index (χ1v) is 10.2. The number of hydrogen-bond acceptors (Lipinski definition) is 4. The monoisotopic (exact) mass is 402 g/mol. The molecule has 0 spiro atoms. The van der Waals surface area contributed by atoms with Crippen LogP contribution in [0.4, 0.5) is 0 Å². The van der Waals surface area contributed by atoms with Crippen molar-refractivity contribution in [3.05, 3.63) is 83.9 Å². The molecule has 4 heteroatoms. The van der Waals surface area contributed by atoms with Crippen LogP contribution >= 0.6 is 0 Å². The maximum atomic E-state index is 10.8. The molecule has 0 fully saturated rings. The first kappa shape index (κ1) is 20.5. The van der Waals surface area contributed by atoms with E-state index >= 15 is 0 Å². The molecule has 4 aromatic carbocycles. The van der Waals surface area contributed by atoms with Gasteiger partial charge in [0.1, 0.15) is 12.2 Å². The summed E-state index contributed by atoms with van der Waals surface area (Å²) in [6.45, 7) is 3.11. The van der Waals surface area contributed by atoms with E-state index in [1.165, 1.54) is 0 Å². The van der Waals surface area contributed by atoms with Gasteiger partial charge in [0.2, 0.25) is 0 Å². The van der Waals surface area contributed by atoms with Crippen molar-refractivity contribution in [3.63, 3.8) is 0 Å². The van der Waals surface area contributed by atoms with Gasteiger partial charge < -0.3 is 20.4 Å². The second-order valence-corrected chi connectivity index (χ2v) is 7.87. The topological polar surface area (TPSA) is 80.9 Å². The Morgan fingerprint density at radius 2 is 0.867 bits per heavy atom. The van der Waals surface area contributed by atoms with E-state index in [0.29, 0.717) is 11.1 Å². The molecule has 0 unspecified atom stereocenters. The van der Waals surface area contributed by atoms with Gasteiger partial charge in [-0.25, -0.2) is 0 Å². The SMILES string of the molecule is C[C@@H](O)[C@@H](O)c1ccc2ccccc2c1-c1c([C@H](O)[C@@H](C)O)ccc2ccccc12. The van der Waals surface area contributed by atoms with E-state index in [-0.39, 0.29) is 0 Å². The predicted octanol–water partition coefficient (Wildman–Crippen LogP) is 4.49. The van der Waals surface area contributed by atoms with Crippen LogP contribution in [-0.2, 0) is 0 Å². The number of benzene rings is 4. The quantitative estimate of drug-likeness (QED) is 0.397. The van der Waals surface area contributed by atoms with Crippen molar-refractivity contribution in [2.24, 2.45) is 0 Å². The van der Waals surface area contributed by atoms with Crippen molar-refractivity contribution in [1.82, 2.24) is 0 Å². The Morgan fingerprint density at radius 3 is 1.23 bits per heavy atom. The van der Waals surface area contributed by atoms with E-state index in [0.717, 1.165) is 32.7 Å². The number of fused-ring (bicyclic) bond motifs is 2. The van der Waals surface area contributed by atoms with E-state index < -0.39 is 24.4 Å². The van der Waals surface area contributed by atoms with Gasteiger partial charge in [0.15, 0.2) is 0 Å². The summed E-state index contributed by atoms with van der Waals surface area (Å²) in [7, 11) is 0. The smallest absolute Gasteiger partial charge is 0.105 e. The summed E-state index contributed by atoms with van der Waals surface area (Å²) in [6, 6.07) is 23.2. The summed E-state index contributed by atoms with van der Waals surface area (Å²) in [5, 5.41) is 45.8. The minimum atomic E-state index is -1.10.